The molecule has 0 saturated carbocycles. The van der Waals surface area contributed by atoms with Gasteiger partial charge in [0.25, 0.3) is 5.69 Å². The quantitative estimate of drug-likeness (QED) is 0.461. The number of rotatable bonds is 7. The van der Waals surface area contributed by atoms with Crippen molar-refractivity contribution in [3.63, 3.8) is 0 Å². The molecule has 0 fully saturated rings. The van der Waals surface area contributed by atoms with E-state index in [0.29, 0.717) is 18.0 Å². The fourth-order valence-electron chi connectivity index (χ4n) is 1.73. The van der Waals surface area contributed by atoms with Crippen LogP contribution in [0.5, 0.6) is 0 Å². The number of benzene rings is 1. The molecule has 0 aliphatic carbocycles. The van der Waals surface area contributed by atoms with Gasteiger partial charge in [-0.05, 0) is 37.4 Å². The average molecular weight is 254 g/mol. The van der Waals surface area contributed by atoms with Crippen LogP contribution in [0, 0.1) is 21.8 Å². The summed E-state index contributed by atoms with van der Waals surface area (Å²) >= 11 is 0. The summed E-state index contributed by atoms with van der Waals surface area (Å²) < 4.78 is 13.0. The molecule has 1 N–H and O–H groups in total. The van der Waals surface area contributed by atoms with Crippen molar-refractivity contribution in [1.29, 1.82) is 0 Å². The van der Waals surface area contributed by atoms with Crippen molar-refractivity contribution in [3.05, 3.63) is 39.7 Å². The Morgan fingerprint density at radius 3 is 2.78 bits per heavy atom. The number of nitrogens with zero attached hydrogens (tertiary/aromatic N) is 1. The predicted molar refractivity (Wildman–Crippen MR) is 68.8 cm³/mol. The van der Waals surface area contributed by atoms with Gasteiger partial charge in [0.1, 0.15) is 5.82 Å². The van der Waals surface area contributed by atoms with Gasteiger partial charge in [0, 0.05) is 18.2 Å². The Hall–Kier alpha value is -1.49. The maximum absolute atomic E-state index is 13.0. The van der Waals surface area contributed by atoms with Crippen LogP contribution in [0.2, 0.25) is 0 Å². The topological polar surface area (TPSA) is 55.2 Å². The number of nitrogens with one attached hydrogen (secondary N) is 1. The molecule has 1 aromatic rings. The zero-order chi connectivity index (χ0) is 13.5. The predicted octanol–water partition coefficient (Wildman–Crippen LogP) is 3.26. The van der Waals surface area contributed by atoms with E-state index >= 15 is 0 Å². The third-order valence-corrected chi connectivity index (χ3v) is 2.69. The zero-order valence-electron chi connectivity index (χ0n) is 10.8. The molecule has 0 spiro atoms. The fraction of sp³-hybridized carbons (Fsp3) is 0.538. The summed E-state index contributed by atoms with van der Waals surface area (Å²) in [4.78, 5) is 10.3. The number of nitro benzene ring substituents is 1. The highest BCUT2D eigenvalue weighted by Gasteiger charge is 2.13. The molecule has 0 heterocycles. The summed E-state index contributed by atoms with van der Waals surface area (Å²) in [7, 11) is 0. The smallest absolute Gasteiger partial charge is 0.274 e. The van der Waals surface area contributed by atoms with E-state index in [1.165, 1.54) is 12.1 Å². The maximum Gasteiger partial charge on any atom is 0.274 e. The van der Waals surface area contributed by atoms with E-state index in [-0.39, 0.29) is 5.69 Å². The van der Waals surface area contributed by atoms with E-state index in [1.807, 2.05) is 0 Å². The zero-order valence-corrected chi connectivity index (χ0v) is 10.8. The van der Waals surface area contributed by atoms with Gasteiger partial charge >= 0.3 is 0 Å². The Bertz CT molecular complexity index is 408. The molecule has 0 atom stereocenters. The van der Waals surface area contributed by atoms with Gasteiger partial charge in [0.05, 0.1) is 4.92 Å². The van der Waals surface area contributed by atoms with Crippen molar-refractivity contribution >= 4 is 5.69 Å². The summed E-state index contributed by atoms with van der Waals surface area (Å²) in [5.41, 5.74) is 0.359. The molecule has 0 aliphatic rings. The van der Waals surface area contributed by atoms with Gasteiger partial charge in [-0.3, -0.25) is 10.1 Å². The molecule has 100 valence electrons. The van der Waals surface area contributed by atoms with E-state index < -0.39 is 10.7 Å². The number of hydrogen-bond acceptors (Lipinski definition) is 3. The molecule has 0 radical (unpaired) electrons. The van der Waals surface area contributed by atoms with Crippen molar-refractivity contribution < 1.29 is 9.31 Å². The molecule has 0 bridgehead atoms. The standard InChI is InChI=1S/C13H19FN2O2/c1-10(2)4-3-7-15-9-11-8-12(14)5-6-13(11)16(17)18/h5-6,8,10,15H,3-4,7,9H2,1-2H3. The second-order valence-corrected chi connectivity index (χ2v) is 4.74. The highest BCUT2D eigenvalue weighted by Crippen LogP contribution is 2.19. The van der Waals surface area contributed by atoms with Crippen LogP contribution in [0.25, 0.3) is 0 Å². The van der Waals surface area contributed by atoms with Crippen LogP contribution in [0.15, 0.2) is 18.2 Å². The minimum absolute atomic E-state index is 0.0345. The summed E-state index contributed by atoms with van der Waals surface area (Å²) in [6.45, 7) is 5.41. The van der Waals surface area contributed by atoms with E-state index in [1.54, 1.807) is 0 Å². The first-order valence-electron chi connectivity index (χ1n) is 6.14. The van der Waals surface area contributed by atoms with Crippen molar-refractivity contribution in [3.8, 4) is 0 Å². The summed E-state index contributed by atoms with van der Waals surface area (Å²) in [5.74, 6) is 0.204. The Morgan fingerprint density at radius 2 is 2.17 bits per heavy atom. The largest absolute Gasteiger partial charge is 0.312 e. The molecule has 0 aliphatic heterocycles. The van der Waals surface area contributed by atoms with Gasteiger partial charge in [-0.25, -0.2) is 4.39 Å². The molecular weight excluding hydrogens is 235 g/mol. The molecule has 0 unspecified atom stereocenters. The molecule has 0 saturated heterocycles. The molecule has 4 nitrogen and oxygen atoms in total. The van der Waals surface area contributed by atoms with E-state index in [9.17, 15) is 14.5 Å². The third-order valence-electron chi connectivity index (χ3n) is 2.69. The number of hydrogen-bond donors (Lipinski definition) is 1. The Kier molecular flexibility index (Phi) is 5.71. The van der Waals surface area contributed by atoms with Gasteiger partial charge in [0.15, 0.2) is 0 Å². The van der Waals surface area contributed by atoms with Crippen molar-refractivity contribution in [2.45, 2.75) is 33.2 Å². The average Bonchev–Trinajstić information content (AvgIpc) is 2.27. The van der Waals surface area contributed by atoms with Crippen LogP contribution in [0.1, 0.15) is 32.3 Å². The van der Waals surface area contributed by atoms with E-state index in [0.717, 1.165) is 25.5 Å². The molecule has 0 amide bonds. The summed E-state index contributed by atoms with van der Waals surface area (Å²) in [6, 6.07) is 3.54. The maximum atomic E-state index is 13.0. The number of nitro groups is 1. The molecule has 5 heteroatoms. The van der Waals surface area contributed by atoms with Crippen LogP contribution >= 0.6 is 0 Å². The van der Waals surface area contributed by atoms with Crippen LogP contribution < -0.4 is 5.32 Å². The van der Waals surface area contributed by atoms with E-state index in [4.69, 9.17) is 0 Å². The van der Waals surface area contributed by atoms with Crippen molar-refractivity contribution in [2.24, 2.45) is 5.92 Å². The van der Waals surface area contributed by atoms with Gasteiger partial charge in [-0.1, -0.05) is 13.8 Å². The van der Waals surface area contributed by atoms with Gasteiger partial charge in [0.2, 0.25) is 0 Å². The summed E-state index contributed by atoms with van der Waals surface area (Å²) in [6.07, 6.45) is 2.12. The lowest BCUT2D eigenvalue weighted by atomic mass is 10.1. The van der Waals surface area contributed by atoms with Crippen molar-refractivity contribution in [2.75, 3.05) is 6.54 Å². The van der Waals surface area contributed by atoms with Crippen molar-refractivity contribution in [1.82, 2.24) is 5.32 Å². The molecule has 1 aromatic carbocycles. The highest BCUT2D eigenvalue weighted by molar-refractivity contribution is 5.40. The van der Waals surface area contributed by atoms with Gasteiger partial charge < -0.3 is 5.32 Å². The lowest BCUT2D eigenvalue weighted by Gasteiger charge is -2.07. The first-order valence-corrected chi connectivity index (χ1v) is 6.14. The van der Waals surface area contributed by atoms with E-state index in [2.05, 4.69) is 19.2 Å². The summed E-state index contributed by atoms with van der Waals surface area (Å²) in [5, 5.41) is 13.9. The minimum atomic E-state index is -0.482. The van der Waals surface area contributed by atoms with Crippen LogP contribution in [-0.4, -0.2) is 11.5 Å². The molecule has 18 heavy (non-hydrogen) atoms. The Balaban J connectivity index is 2.50. The first-order chi connectivity index (χ1) is 8.50. The lowest BCUT2D eigenvalue weighted by Crippen LogP contribution is -2.16. The SMILES string of the molecule is CC(C)CCCNCc1cc(F)ccc1[N+](=O)[O-]. The Morgan fingerprint density at radius 1 is 1.44 bits per heavy atom. The second kappa shape index (κ2) is 7.06. The van der Waals surface area contributed by atoms with Gasteiger partial charge in [-0.2, -0.15) is 0 Å². The fourth-order valence-corrected chi connectivity index (χ4v) is 1.73. The van der Waals surface area contributed by atoms with Crippen LogP contribution in [-0.2, 0) is 6.54 Å². The molecular formula is C13H19FN2O2. The second-order valence-electron chi connectivity index (χ2n) is 4.74. The molecule has 0 aromatic heterocycles. The monoisotopic (exact) mass is 254 g/mol. The van der Waals surface area contributed by atoms with Crippen LogP contribution in [0.4, 0.5) is 10.1 Å². The molecule has 1 rings (SSSR count). The first kappa shape index (κ1) is 14.6. The van der Waals surface area contributed by atoms with Crippen LogP contribution in [0.3, 0.4) is 0 Å². The minimum Gasteiger partial charge on any atom is -0.312 e. The lowest BCUT2D eigenvalue weighted by molar-refractivity contribution is -0.385. The highest BCUT2D eigenvalue weighted by atomic mass is 19.1. The van der Waals surface area contributed by atoms with Gasteiger partial charge in [-0.15, -0.1) is 0 Å². The normalized spacial score (nSPS) is 10.9. The number of halogens is 1. The third kappa shape index (κ3) is 4.79. The Labute approximate surface area is 106 Å².